The van der Waals surface area contributed by atoms with Crippen LogP contribution in [0.5, 0.6) is 0 Å². The molecule has 13 heavy (non-hydrogen) atoms. The maximum absolute atomic E-state index is 3.69. The number of rotatable bonds is 6. The summed E-state index contributed by atoms with van der Waals surface area (Å²) in [4.78, 5) is 0. The Morgan fingerprint density at radius 1 is 0.923 bits per heavy atom. The van der Waals surface area contributed by atoms with Crippen LogP contribution in [0.15, 0.2) is 0 Å². The van der Waals surface area contributed by atoms with Crippen LogP contribution in [0.4, 0.5) is 0 Å². The normalized spacial score (nSPS) is 28.4. The minimum absolute atomic E-state index is 1.05. The minimum Gasteiger partial charge on any atom is -0.316 e. The molecule has 0 aromatic heterocycles. The molecule has 1 N–H and O–H groups in total. The molecular weight excluding hydrogens is 158 g/mol. The van der Waals surface area contributed by atoms with Crippen LogP contribution in [0.3, 0.4) is 0 Å². The zero-order chi connectivity index (χ0) is 8.67. The average molecular weight is 179 g/mol. The van der Waals surface area contributed by atoms with Crippen molar-refractivity contribution in [1.29, 1.82) is 0 Å². The van der Waals surface area contributed by atoms with Crippen molar-refractivity contribution in [3.05, 3.63) is 0 Å². The Bertz CT molecular complexity index is 166. The smallest absolute Gasteiger partial charge is 0.00151 e. The van der Waals surface area contributed by atoms with Gasteiger partial charge in [-0.05, 0) is 75.3 Å². The molecule has 0 aromatic carbocycles. The van der Waals surface area contributed by atoms with E-state index in [1.54, 1.807) is 0 Å². The van der Waals surface area contributed by atoms with Gasteiger partial charge in [0.2, 0.25) is 0 Å². The van der Waals surface area contributed by atoms with Crippen molar-refractivity contribution in [2.24, 2.45) is 23.7 Å². The monoisotopic (exact) mass is 179 g/mol. The average Bonchev–Trinajstić information content (AvgIpc) is 3.01. The number of hydrogen-bond donors (Lipinski definition) is 1. The predicted octanol–water partition coefficient (Wildman–Crippen LogP) is 2.42. The van der Waals surface area contributed by atoms with Gasteiger partial charge in [-0.15, -0.1) is 0 Å². The summed E-state index contributed by atoms with van der Waals surface area (Å²) < 4.78 is 0. The van der Waals surface area contributed by atoms with E-state index in [9.17, 15) is 0 Å². The lowest BCUT2D eigenvalue weighted by atomic mass is 9.98. The van der Waals surface area contributed by atoms with Gasteiger partial charge in [-0.3, -0.25) is 0 Å². The fourth-order valence-corrected chi connectivity index (χ4v) is 2.54. The maximum atomic E-state index is 3.69. The third kappa shape index (κ3) is 2.25. The molecule has 3 saturated carbocycles. The molecule has 0 saturated heterocycles. The predicted molar refractivity (Wildman–Crippen MR) is 54.5 cm³/mol. The summed E-state index contributed by atoms with van der Waals surface area (Å²) in [5.74, 6) is 4.37. The van der Waals surface area contributed by atoms with Gasteiger partial charge >= 0.3 is 0 Å². The van der Waals surface area contributed by atoms with Gasteiger partial charge in [-0.25, -0.2) is 0 Å². The molecule has 0 unspecified atom stereocenters. The van der Waals surface area contributed by atoms with Crippen LogP contribution in [-0.2, 0) is 0 Å². The van der Waals surface area contributed by atoms with Crippen LogP contribution < -0.4 is 5.32 Å². The van der Waals surface area contributed by atoms with Crippen molar-refractivity contribution in [1.82, 2.24) is 5.32 Å². The lowest BCUT2D eigenvalue weighted by Gasteiger charge is -2.15. The van der Waals surface area contributed by atoms with Crippen LogP contribution >= 0.6 is 0 Å². The molecule has 0 spiro atoms. The van der Waals surface area contributed by atoms with Gasteiger partial charge in [0.15, 0.2) is 0 Å². The lowest BCUT2D eigenvalue weighted by Crippen LogP contribution is -2.27. The van der Waals surface area contributed by atoms with Crippen molar-refractivity contribution in [2.45, 2.75) is 38.5 Å². The molecule has 3 aliphatic rings. The molecule has 1 heteroatoms. The van der Waals surface area contributed by atoms with Crippen molar-refractivity contribution in [3.63, 3.8) is 0 Å². The third-order valence-corrected chi connectivity index (χ3v) is 3.96. The van der Waals surface area contributed by atoms with E-state index in [1.807, 2.05) is 0 Å². The number of nitrogens with one attached hydrogen (secondary N) is 1. The molecule has 3 fully saturated rings. The molecule has 0 heterocycles. The lowest BCUT2D eigenvalue weighted by molar-refractivity contribution is 0.376. The van der Waals surface area contributed by atoms with E-state index < -0.39 is 0 Å². The van der Waals surface area contributed by atoms with Crippen LogP contribution in [-0.4, -0.2) is 13.1 Å². The second kappa shape index (κ2) is 3.27. The molecule has 0 aromatic rings. The number of hydrogen-bond acceptors (Lipinski definition) is 1. The Balaban J connectivity index is 1.39. The molecule has 0 atom stereocenters. The highest BCUT2D eigenvalue weighted by Crippen LogP contribution is 2.48. The van der Waals surface area contributed by atoms with E-state index >= 15 is 0 Å². The van der Waals surface area contributed by atoms with E-state index in [-0.39, 0.29) is 0 Å². The summed E-state index contributed by atoms with van der Waals surface area (Å²) >= 11 is 0. The third-order valence-electron chi connectivity index (χ3n) is 3.96. The molecule has 0 bridgehead atoms. The fourth-order valence-electron chi connectivity index (χ4n) is 2.54. The molecule has 0 amide bonds. The molecule has 74 valence electrons. The van der Waals surface area contributed by atoms with Gasteiger partial charge in [-0.2, -0.15) is 0 Å². The van der Waals surface area contributed by atoms with Crippen LogP contribution in [0, 0.1) is 23.7 Å². The van der Waals surface area contributed by atoms with Crippen LogP contribution in [0.2, 0.25) is 0 Å². The topological polar surface area (TPSA) is 12.0 Å². The molecular formula is C12H21N. The summed E-state index contributed by atoms with van der Waals surface area (Å²) in [6, 6.07) is 0. The van der Waals surface area contributed by atoms with Gasteiger partial charge in [0, 0.05) is 0 Å². The van der Waals surface area contributed by atoms with E-state index in [0.29, 0.717) is 0 Å². The molecule has 0 aliphatic heterocycles. The summed E-state index contributed by atoms with van der Waals surface area (Å²) in [5, 5.41) is 3.69. The first-order valence-corrected chi connectivity index (χ1v) is 6.14. The first kappa shape index (κ1) is 8.28. The minimum atomic E-state index is 1.05. The Morgan fingerprint density at radius 3 is 2.00 bits per heavy atom. The zero-order valence-electron chi connectivity index (χ0n) is 8.47. The Kier molecular flexibility index (Phi) is 2.08. The quantitative estimate of drug-likeness (QED) is 0.660. The zero-order valence-corrected chi connectivity index (χ0v) is 8.47. The summed E-state index contributed by atoms with van der Waals surface area (Å²) in [7, 11) is 0. The Morgan fingerprint density at radius 2 is 1.54 bits per heavy atom. The van der Waals surface area contributed by atoms with Gasteiger partial charge in [0.05, 0.1) is 0 Å². The van der Waals surface area contributed by atoms with E-state index in [0.717, 1.165) is 23.7 Å². The Hall–Kier alpha value is -0.0400. The van der Waals surface area contributed by atoms with Crippen molar-refractivity contribution in [2.75, 3.05) is 13.1 Å². The summed E-state index contributed by atoms with van der Waals surface area (Å²) in [6.07, 6.45) is 9.12. The highest BCUT2D eigenvalue weighted by Gasteiger charge is 2.40. The largest absolute Gasteiger partial charge is 0.316 e. The first-order valence-electron chi connectivity index (χ1n) is 6.14. The van der Waals surface area contributed by atoms with Crippen LogP contribution in [0.1, 0.15) is 38.5 Å². The van der Waals surface area contributed by atoms with E-state index in [4.69, 9.17) is 0 Å². The Labute approximate surface area is 81.3 Å². The van der Waals surface area contributed by atoms with Gasteiger partial charge < -0.3 is 5.32 Å². The summed E-state index contributed by atoms with van der Waals surface area (Å²) in [6.45, 7) is 2.65. The molecule has 1 nitrogen and oxygen atoms in total. The van der Waals surface area contributed by atoms with E-state index in [2.05, 4.69) is 5.32 Å². The molecule has 0 radical (unpaired) electrons. The van der Waals surface area contributed by atoms with Crippen molar-refractivity contribution in [3.8, 4) is 0 Å². The van der Waals surface area contributed by atoms with E-state index in [1.165, 1.54) is 51.6 Å². The van der Waals surface area contributed by atoms with Crippen LogP contribution in [0.25, 0.3) is 0 Å². The first-order chi connectivity index (χ1) is 6.43. The standard InChI is InChI=1S/C12H21N/c1-2-9(1)7-13-8-12(10-3-4-10)11-5-6-11/h9-13H,1-8H2. The highest BCUT2D eigenvalue weighted by atomic mass is 14.9. The fraction of sp³-hybridized carbons (Fsp3) is 1.00. The highest BCUT2D eigenvalue weighted by molar-refractivity contribution is 4.92. The molecule has 3 rings (SSSR count). The second-order valence-corrected chi connectivity index (χ2v) is 5.44. The molecule has 3 aliphatic carbocycles. The van der Waals surface area contributed by atoms with Crippen molar-refractivity contribution >= 4 is 0 Å². The van der Waals surface area contributed by atoms with Crippen molar-refractivity contribution < 1.29 is 0 Å². The second-order valence-electron chi connectivity index (χ2n) is 5.44. The maximum Gasteiger partial charge on any atom is -0.00151 e. The van der Waals surface area contributed by atoms with Gasteiger partial charge in [-0.1, -0.05) is 0 Å². The van der Waals surface area contributed by atoms with Gasteiger partial charge in [0.1, 0.15) is 0 Å². The summed E-state index contributed by atoms with van der Waals surface area (Å²) in [5.41, 5.74) is 0. The SMILES string of the molecule is C1CC1CNCC(C1CC1)C1CC1. The van der Waals surface area contributed by atoms with Gasteiger partial charge in [0.25, 0.3) is 0 Å².